The van der Waals surface area contributed by atoms with Gasteiger partial charge in [0.15, 0.2) is 17.5 Å². The van der Waals surface area contributed by atoms with Crippen molar-refractivity contribution in [1.82, 2.24) is 15.6 Å². The summed E-state index contributed by atoms with van der Waals surface area (Å²) in [6.07, 6.45) is 1.89. The third-order valence-electron chi connectivity index (χ3n) is 4.53. The smallest absolute Gasteiger partial charge is 0.243 e. The fraction of sp³-hybridized carbons (Fsp3) is 0.190. The number of amides is 3. The summed E-state index contributed by atoms with van der Waals surface area (Å²) >= 11 is 0. The molecule has 0 saturated heterocycles. The molecule has 3 rings (SSSR count). The molecule has 3 amide bonds. The highest BCUT2D eigenvalue weighted by molar-refractivity contribution is 5.96. The Morgan fingerprint density at radius 2 is 1.77 bits per heavy atom. The largest absolute Gasteiger partial charge is 0.361 e. The number of para-hydroxylation sites is 1. The average Bonchev–Trinajstić information content (AvgIpc) is 3.14. The molecule has 162 valence electrons. The highest BCUT2D eigenvalue weighted by Gasteiger charge is 2.22. The molecule has 0 radical (unpaired) electrons. The van der Waals surface area contributed by atoms with Crippen molar-refractivity contribution in [3.63, 3.8) is 0 Å². The zero-order valence-corrected chi connectivity index (χ0v) is 16.4. The first kappa shape index (κ1) is 21.9. The van der Waals surface area contributed by atoms with Gasteiger partial charge in [0.05, 0.1) is 12.2 Å². The topological polar surface area (TPSA) is 103 Å². The Kier molecular flexibility index (Phi) is 6.58. The molecule has 0 aliphatic rings. The second-order valence-corrected chi connectivity index (χ2v) is 6.81. The van der Waals surface area contributed by atoms with Crippen LogP contribution >= 0.6 is 0 Å². The van der Waals surface area contributed by atoms with Gasteiger partial charge in [0.1, 0.15) is 6.04 Å². The number of benzene rings is 2. The molecular formula is C21H19F3N4O3. The molecule has 0 fully saturated rings. The SMILES string of the molecule is CC(=O)NC(Cc1c[nH]c2ccccc12)C(=O)NCC(=O)Nc1ccc(F)c(F)c1F. The maximum Gasteiger partial charge on any atom is 0.243 e. The summed E-state index contributed by atoms with van der Waals surface area (Å²) in [6.45, 7) is 0.690. The van der Waals surface area contributed by atoms with Crippen LogP contribution in [0.1, 0.15) is 12.5 Å². The molecule has 0 spiro atoms. The molecular weight excluding hydrogens is 413 g/mol. The Bertz CT molecular complexity index is 1150. The lowest BCUT2D eigenvalue weighted by Crippen LogP contribution is -2.49. The van der Waals surface area contributed by atoms with Gasteiger partial charge >= 0.3 is 0 Å². The summed E-state index contributed by atoms with van der Waals surface area (Å²) in [5.74, 6) is -6.58. The Balaban J connectivity index is 1.65. The predicted molar refractivity (Wildman–Crippen MR) is 108 cm³/mol. The highest BCUT2D eigenvalue weighted by atomic mass is 19.2. The Morgan fingerprint density at radius 3 is 2.52 bits per heavy atom. The molecule has 2 aromatic carbocycles. The lowest BCUT2D eigenvalue weighted by molar-refractivity contribution is -0.129. The van der Waals surface area contributed by atoms with Crippen LogP contribution in [0, 0.1) is 17.5 Å². The third-order valence-corrected chi connectivity index (χ3v) is 4.53. The van der Waals surface area contributed by atoms with Crippen LogP contribution in [0.25, 0.3) is 10.9 Å². The van der Waals surface area contributed by atoms with E-state index in [1.54, 1.807) is 6.20 Å². The van der Waals surface area contributed by atoms with Crippen molar-refractivity contribution < 1.29 is 27.6 Å². The minimum absolute atomic E-state index is 0.162. The van der Waals surface area contributed by atoms with Crippen molar-refractivity contribution in [1.29, 1.82) is 0 Å². The van der Waals surface area contributed by atoms with Gasteiger partial charge in [-0.2, -0.15) is 0 Å². The number of carbonyl (C=O) groups is 3. The quantitative estimate of drug-likeness (QED) is 0.431. The number of carbonyl (C=O) groups excluding carboxylic acids is 3. The molecule has 0 bridgehead atoms. The van der Waals surface area contributed by atoms with E-state index >= 15 is 0 Å². The number of aromatic amines is 1. The lowest BCUT2D eigenvalue weighted by Gasteiger charge is -2.17. The monoisotopic (exact) mass is 432 g/mol. The van der Waals surface area contributed by atoms with Crippen LogP contribution in [-0.2, 0) is 20.8 Å². The zero-order chi connectivity index (χ0) is 22.5. The van der Waals surface area contributed by atoms with Crippen LogP contribution in [-0.4, -0.2) is 35.3 Å². The van der Waals surface area contributed by atoms with E-state index in [0.717, 1.165) is 22.5 Å². The number of hydrogen-bond acceptors (Lipinski definition) is 3. The molecule has 3 aromatic rings. The molecule has 1 aromatic heterocycles. The Hall–Kier alpha value is -3.82. The molecule has 0 aliphatic heterocycles. The second-order valence-electron chi connectivity index (χ2n) is 6.81. The average molecular weight is 432 g/mol. The van der Waals surface area contributed by atoms with Crippen molar-refractivity contribution in [3.05, 3.63) is 65.6 Å². The molecule has 0 saturated carbocycles. The number of nitrogens with one attached hydrogen (secondary N) is 4. The number of aromatic nitrogens is 1. The predicted octanol–water partition coefficient (Wildman–Crippen LogP) is 2.39. The third kappa shape index (κ3) is 5.21. The van der Waals surface area contributed by atoms with E-state index in [1.807, 2.05) is 24.3 Å². The van der Waals surface area contributed by atoms with Crippen LogP contribution < -0.4 is 16.0 Å². The van der Waals surface area contributed by atoms with E-state index in [9.17, 15) is 27.6 Å². The van der Waals surface area contributed by atoms with Crippen molar-refractivity contribution in [2.75, 3.05) is 11.9 Å². The maximum atomic E-state index is 13.7. The molecule has 7 nitrogen and oxygen atoms in total. The van der Waals surface area contributed by atoms with E-state index in [4.69, 9.17) is 0 Å². The fourth-order valence-corrected chi connectivity index (χ4v) is 3.08. The van der Waals surface area contributed by atoms with Gasteiger partial charge in [-0.1, -0.05) is 18.2 Å². The molecule has 1 atom stereocenters. The Morgan fingerprint density at radius 1 is 1.03 bits per heavy atom. The molecule has 4 N–H and O–H groups in total. The summed E-state index contributed by atoms with van der Waals surface area (Å²) < 4.78 is 39.9. The highest BCUT2D eigenvalue weighted by Crippen LogP contribution is 2.20. The van der Waals surface area contributed by atoms with Gasteiger partial charge in [-0.25, -0.2) is 13.2 Å². The number of anilines is 1. The first-order valence-electron chi connectivity index (χ1n) is 9.29. The van der Waals surface area contributed by atoms with Gasteiger partial charge in [-0.05, 0) is 23.8 Å². The minimum Gasteiger partial charge on any atom is -0.361 e. The second kappa shape index (κ2) is 9.33. The Labute approximate surface area is 175 Å². The molecule has 31 heavy (non-hydrogen) atoms. The molecule has 10 heteroatoms. The van der Waals surface area contributed by atoms with Crippen LogP contribution in [0.2, 0.25) is 0 Å². The van der Waals surface area contributed by atoms with Gasteiger partial charge < -0.3 is 20.9 Å². The molecule has 1 heterocycles. The van der Waals surface area contributed by atoms with Gasteiger partial charge in [0.25, 0.3) is 0 Å². The van der Waals surface area contributed by atoms with E-state index < -0.39 is 53.4 Å². The number of halogens is 3. The van der Waals surface area contributed by atoms with Crippen molar-refractivity contribution in [2.24, 2.45) is 0 Å². The maximum absolute atomic E-state index is 13.7. The number of fused-ring (bicyclic) bond motifs is 1. The first-order valence-corrected chi connectivity index (χ1v) is 9.29. The number of hydrogen-bond donors (Lipinski definition) is 4. The van der Waals surface area contributed by atoms with Crippen LogP contribution in [0.15, 0.2) is 42.6 Å². The summed E-state index contributed by atoms with van der Waals surface area (Å²) in [5, 5.41) is 7.82. The normalized spacial score (nSPS) is 11.7. The van der Waals surface area contributed by atoms with Crippen LogP contribution in [0.5, 0.6) is 0 Å². The minimum atomic E-state index is -1.72. The van der Waals surface area contributed by atoms with E-state index in [2.05, 4.69) is 20.9 Å². The van der Waals surface area contributed by atoms with Crippen LogP contribution in [0.4, 0.5) is 18.9 Å². The molecule has 0 aliphatic carbocycles. The molecule has 1 unspecified atom stereocenters. The van der Waals surface area contributed by atoms with Gasteiger partial charge in [-0.15, -0.1) is 0 Å². The summed E-state index contributed by atoms with van der Waals surface area (Å²) in [4.78, 5) is 39.2. The number of rotatable bonds is 7. The van der Waals surface area contributed by atoms with Crippen molar-refractivity contribution in [2.45, 2.75) is 19.4 Å². The zero-order valence-electron chi connectivity index (χ0n) is 16.4. The van der Waals surface area contributed by atoms with Gasteiger partial charge in [0, 0.05) is 30.4 Å². The summed E-state index contributed by atoms with van der Waals surface area (Å²) in [7, 11) is 0. The number of H-pyrrole nitrogens is 1. The van der Waals surface area contributed by atoms with Crippen molar-refractivity contribution in [3.8, 4) is 0 Å². The van der Waals surface area contributed by atoms with E-state index in [1.165, 1.54) is 6.92 Å². The first-order chi connectivity index (χ1) is 14.8. The van der Waals surface area contributed by atoms with Crippen molar-refractivity contribution >= 4 is 34.3 Å². The summed E-state index contributed by atoms with van der Waals surface area (Å²) in [6, 6.07) is 8.00. The van der Waals surface area contributed by atoms with Gasteiger partial charge in [0.2, 0.25) is 17.7 Å². The van der Waals surface area contributed by atoms with E-state index in [0.29, 0.717) is 6.07 Å². The summed E-state index contributed by atoms with van der Waals surface area (Å²) in [5.41, 5.74) is 1.10. The fourth-order valence-electron chi connectivity index (χ4n) is 3.08. The standard InChI is InChI=1S/C21H19F3N4O3/c1-11(29)27-17(8-12-9-25-15-5-3-2-4-13(12)15)21(31)26-10-18(30)28-16-7-6-14(22)19(23)20(16)24/h2-7,9,17,25H,8,10H2,1H3,(H,26,31)(H,27,29)(H,28,30). The van der Waals surface area contributed by atoms with E-state index in [-0.39, 0.29) is 6.42 Å². The van der Waals surface area contributed by atoms with Crippen LogP contribution in [0.3, 0.4) is 0 Å². The lowest BCUT2D eigenvalue weighted by atomic mass is 10.0. The van der Waals surface area contributed by atoms with Gasteiger partial charge in [-0.3, -0.25) is 14.4 Å².